The Morgan fingerprint density at radius 2 is 0.921 bits per heavy atom. The molecule has 338 valence electrons. The summed E-state index contributed by atoms with van der Waals surface area (Å²) in [7, 11) is 0. The lowest BCUT2D eigenvalue weighted by Gasteiger charge is -2.40. The zero-order valence-corrected chi connectivity index (χ0v) is 37.3. The van der Waals surface area contributed by atoms with E-state index >= 15 is 0 Å². The van der Waals surface area contributed by atoms with Crippen LogP contribution in [-0.2, 0) is 19.2 Å². The molecule has 4 aliphatic heterocycles. The lowest BCUT2D eigenvalue weighted by atomic mass is 9.87. The van der Waals surface area contributed by atoms with E-state index in [0.29, 0.717) is 60.8 Å². The molecule has 0 radical (unpaired) electrons. The summed E-state index contributed by atoms with van der Waals surface area (Å²) in [5, 5.41) is 6.17. The van der Waals surface area contributed by atoms with E-state index in [0.717, 1.165) is 88.7 Å². The molecule has 3 aromatic rings. The molecule has 4 amide bonds. The Balaban J connectivity index is 0.770. The molecule has 1 aromatic heterocycles. The summed E-state index contributed by atoms with van der Waals surface area (Å²) in [6.45, 7) is 5.24. The molecule has 2 saturated carbocycles. The summed E-state index contributed by atoms with van der Waals surface area (Å²) in [6.07, 6.45) is 23.8. The number of oxazole rings is 1. The highest BCUT2D eigenvalue weighted by atomic mass is 16.4. The smallest absolute Gasteiger partial charge is 0.247 e. The summed E-state index contributed by atoms with van der Waals surface area (Å²) in [6, 6.07) is 13.9. The number of carbonyl (C=O) groups excluding carboxylic acids is 4. The number of aromatic nitrogens is 1. The van der Waals surface area contributed by atoms with Crippen LogP contribution in [0.5, 0.6) is 0 Å². The van der Waals surface area contributed by atoms with Crippen molar-refractivity contribution < 1.29 is 23.6 Å². The minimum Gasteiger partial charge on any atom is -0.436 e. The quantitative estimate of drug-likeness (QED) is 0.185. The fraction of sp³-hybridized carbons (Fsp3) is 0.627. The van der Waals surface area contributed by atoms with Crippen molar-refractivity contribution in [1.29, 1.82) is 0 Å². The Bertz CT molecular complexity index is 1880. The summed E-state index contributed by atoms with van der Waals surface area (Å²) < 4.78 is 6.19. The topological polar surface area (TPSA) is 131 Å². The molecule has 4 atom stereocenters. The molecule has 2 aromatic carbocycles. The van der Waals surface area contributed by atoms with Crippen LogP contribution in [0.25, 0.3) is 22.8 Å². The van der Waals surface area contributed by atoms with E-state index in [4.69, 9.17) is 4.42 Å². The van der Waals surface area contributed by atoms with Crippen LogP contribution >= 0.6 is 0 Å². The lowest BCUT2D eigenvalue weighted by molar-refractivity contribution is -0.143. The first-order valence-electron chi connectivity index (χ1n) is 24.8. The number of amides is 4. The minimum absolute atomic E-state index is 0.113. The molecular weight excluding hydrogens is 791 g/mol. The van der Waals surface area contributed by atoms with Gasteiger partial charge in [-0.2, -0.15) is 0 Å². The number of piperidine rings is 2. The van der Waals surface area contributed by atoms with Crippen LogP contribution in [0.2, 0.25) is 0 Å². The van der Waals surface area contributed by atoms with Crippen LogP contribution in [0, 0.1) is 11.8 Å². The summed E-state index contributed by atoms with van der Waals surface area (Å²) >= 11 is 0. The fourth-order valence-electron chi connectivity index (χ4n) is 11.8. The maximum atomic E-state index is 14.0. The van der Waals surface area contributed by atoms with E-state index in [1.165, 1.54) is 64.2 Å². The molecule has 0 bridgehead atoms. The van der Waals surface area contributed by atoms with Crippen molar-refractivity contribution in [2.24, 2.45) is 11.8 Å². The zero-order chi connectivity index (χ0) is 43.1. The van der Waals surface area contributed by atoms with Crippen molar-refractivity contribution in [3.05, 3.63) is 54.7 Å². The van der Waals surface area contributed by atoms with Crippen LogP contribution in [-0.4, -0.2) is 112 Å². The van der Waals surface area contributed by atoms with Crippen molar-refractivity contribution in [2.45, 2.75) is 153 Å². The van der Waals surface area contributed by atoms with Crippen LogP contribution in [0.4, 0.5) is 11.4 Å². The average Bonchev–Trinajstić information content (AvgIpc) is 4.13. The number of benzene rings is 2. The molecule has 12 heteroatoms. The fourth-order valence-corrected chi connectivity index (χ4v) is 11.8. The Morgan fingerprint density at radius 3 is 1.40 bits per heavy atom. The van der Waals surface area contributed by atoms with Gasteiger partial charge in [-0.25, -0.2) is 4.98 Å². The van der Waals surface area contributed by atoms with Gasteiger partial charge in [0.2, 0.25) is 29.5 Å². The Labute approximate surface area is 373 Å². The van der Waals surface area contributed by atoms with E-state index in [-0.39, 0.29) is 35.7 Å². The van der Waals surface area contributed by atoms with Gasteiger partial charge in [0.25, 0.3) is 0 Å². The van der Waals surface area contributed by atoms with E-state index < -0.39 is 12.1 Å². The molecule has 2 unspecified atom stereocenters. The number of likely N-dealkylation sites (tertiary alicyclic amines) is 4. The number of rotatable bonds is 12. The third kappa shape index (κ3) is 10.4. The molecule has 6 fully saturated rings. The molecule has 2 N–H and O–H groups in total. The molecule has 6 aliphatic rings. The first-order valence-corrected chi connectivity index (χ1v) is 24.8. The van der Waals surface area contributed by atoms with Crippen molar-refractivity contribution in [2.75, 3.05) is 49.9 Å². The third-order valence-electron chi connectivity index (χ3n) is 15.3. The first kappa shape index (κ1) is 43.7. The van der Waals surface area contributed by atoms with Gasteiger partial charge in [-0.3, -0.25) is 29.0 Å². The molecule has 12 nitrogen and oxygen atoms in total. The standard InChI is InChI=1S/C51H69N7O5/c59-47(42-19-11-31-57(42)50(61)44-17-7-9-29-55(44)34-36-13-3-1-4-14-36)53-40-25-21-38(22-26-40)46-33-52-49(63-46)39-23-27-41(28-24-39)54-48(60)43-20-12-32-58(43)51(62)45-18-8-10-30-56(45)35-37-15-5-2-6-16-37/h21-28,33,36-37,42-45H,1-20,29-32,34-35H2,(H,53,59)(H,54,60)/t42?,43-,44?,45-/m0/s1. The van der Waals surface area contributed by atoms with E-state index in [1.54, 1.807) is 6.20 Å². The SMILES string of the molecule is O=C(Nc1ccc(-c2cnc(-c3ccc(NC(=O)[C@@H]4CCCN4C(=O)[C@@H]4CCCCN4CC4CCCCC4)cc3)o2)cc1)C1CCCN1C(=O)C1CCCCN1CC1CCCCC1. The Morgan fingerprint density at radius 1 is 0.492 bits per heavy atom. The predicted octanol–water partition coefficient (Wildman–Crippen LogP) is 8.74. The van der Waals surface area contributed by atoms with Crippen LogP contribution in [0.3, 0.4) is 0 Å². The van der Waals surface area contributed by atoms with Crippen molar-refractivity contribution in [3.63, 3.8) is 0 Å². The molecule has 2 aliphatic carbocycles. The van der Waals surface area contributed by atoms with Crippen LogP contribution in [0.1, 0.15) is 128 Å². The van der Waals surface area contributed by atoms with Crippen molar-refractivity contribution in [1.82, 2.24) is 24.6 Å². The first-order chi connectivity index (χ1) is 30.9. The highest BCUT2D eigenvalue weighted by Gasteiger charge is 2.42. The maximum Gasteiger partial charge on any atom is 0.247 e. The normalized spacial score (nSPS) is 25.6. The van der Waals surface area contributed by atoms with Gasteiger partial charge in [0, 0.05) is 48.7 Å². The van der Waals surface area contributed by atoms with Gasteiger partial charge in [-0.05, 0) is 151 Å². The number of hydrogen-bond acceptors (Lipinski definition) is 8. The van der Waals surface area contributed by atoms with E-state index in [1.807, 2.05) is 58.3 Å². The molecule has 63 heavy (non-hydrogen) atoms. The number of hydrogen-bond donors (Lipinski definition) is 2. The summed E-state index contributed by atoms with van der Waals surface area (Å²) in [5.41, 5.74) is 2.94. The molecule has 9 rings (SSSR count). The monoisotopic (exact) mass is 860 g/mol. The highest BCUT2D eigenvalue weighted by Crippen LogP contribution is 2.33. The highest BCUT2D eigenvalue weighted by molar-refractivity contribution is 5.99. The minimum atomic E-state index is -0.459. The van der Waals surface area contributed by atoms with Gasteiger partial charge in [0.05, 0.1) is 18.3 Å². The largest absolute Gasteiger partial charge is 0.436 e. The number of anilines is 2. The lowest BCUT2D eigenvalue weighted by Crippen LogP contribution is -2.55. The Hall–Kier alpha value is -4.55. The van der Waals surface area contributed by atoms with E-state index in [2.05, 4.69) is 25.4 Å². The van der Waals surface area contributed by atoms with Gasteiger partial charge in [-0.1, -0.05) is 51.4 Å². The zero-order valence-electron chi connectivity index (χ0n) is 37.3. The average molecular weight is 860 g/mol. The van der Waals surface area contributed by atoms with Gasteiger partial charge in [-0.15, -0.1) is 0 Å². The number of nitrogens with one attached hydrogen (secondary N) is 2. The summed E-state index contributed by atoms with van der Waals surface area (Å²) in [4.78, 5) is 68.5. The van der Waals surface area contributed by atoms with Gasteiger partial charge < -0.3 is 24.9 Å². The number of nitrogens with zero attached hydrogens (tertiary/aromatic N) is 5. The predicted molar refractivity (Wildman–Crippen MR) is 246 cm³/mol. The van der Waals surface area contributed by atoms with E-state index in [9.17, 15) is 19.2 Å². The second kappa shape index (κ2) is 20.5. The Kier molecular flexibility index (Phi) is 14.2. The summed E-state index contributed by atoms with van der Waals surface area (Å²) in [5.74, 6) is 2.43. The van der Waals surface area contributed by atoms with Crippen molar-refractivity contribution >= 4 is 35.0 Å². The van der Waals surface area contributed by atoms with Gasteiger partial charge in [0.15, 0.2) is 5.76 Å². The van der Waals surface area contributed by atoms with Crippen LogP contribution in [0.15, 0.2) is 59.1 Å². The van der Waals surface area contributed by atoms with Gasteiger partial charge >= 0.3 is 0 Å². The molecule has 0 spiro atoms. The van der Waals surface area contributed by atoms with Gasteiger partial charge in [0.1, 0.15) is 12.1 Å². The third-order valence-corrected chi connectivity index (χ3v) is 15.3. The molecule has 5 heterocycles. The molecular formula is C51H69N7O5. The van der Waals surface area contributed by atoms with Crippen molar-refractivity contribution in [3.8, 4) is 22.8 Å². The second-order valence-electron chi connectivity index (χ2n) is 19.6. The number of carbonyl (C=O) groups is 4. The second-order valence-corrected chi connectivity index (χ2v) is 19.6. The molecule has 4 saturated heterocycles. The maximum absolute atomic E-state index is 14.0. The van der Waals surface area contributed by atoms with Crippen LogP contribution < -0.4 is 10.6 Å².